The summed E-state index contributed by atoms with van der Waals surface area (Å²) in [5, 5.41) is 0. The van der Waals surface area contributed by atoms with Crippen molar-refractivity contribution in [2.24, 2.45) is 7.05 Å². The molecule has 6 nitrogen and oxygen atoms in total. The molecule has 0 unspecified atom stereocenters. The Bertz CT molecular complexity index is 897. The first-order chi connectivity index (χ1) is 8.97. The van der Waals surface area contributed by atoms with Crippen LogP contribution in [-0.4, -0.2) is 14.5 Å². The fourth-order valence-corrected chi connectivity index (χ4v) is 2.11. The number of rotatable bonds is 0. The zero-order valence-corrected chi connectivity index (χ0v) is 14.1. The zero-order chi connectivity index (χ0) is 13.7. The van der Waals surface area contributed by atoms with Crippen LogP contribution in [0.2, 0.25) is 0 Å². The Morgan fingerprint density at radius 2 is 1.75 bits per heavy atom. The zero-order valence-electron chi connectivity index (χ0n) is 11.2. The first kappa shape index (κ1) is 14.6. The topological polar surface area (TPSA) is 79.0 Å². The number of benzene rings is 1. The summed E-state index contributed by atoms with van der Waals surface area (Å²) in [6, 6.07) is 3.88. The van der Waals surface area contributed by atoms with Gasteiger partial charge in [-0.2, -0.15) is 0 Å². The second-order valence-electron chi connectivity index (χ2n) is 4.58. The van der Waals surface area contributed by atoms with E-state index in [9.17, 15) is 9.59 Å². The van der Waals surface area contributed by atoms with Gasteiger partial charge in [0, 0.05) is 28.1 Å². The summed E-state index contributed by atoms with van der Waals surface area (Å²) in [6.45, 7) is 3.98. The van der Waals surface area contributed by atoms with E-state index in [-0.39, 0.29) is 32.6 Å². The maximum Gasteiger partial charge on any atom is 0.201 e. The van der Waals surface area contributed by atoms with Crippen molar-refractivity contribution < 1.29 is 21.1 Å². The Morgan fingerprint density at radius 3 is 2.45 bits per heavy atom. The van der Waals surface area contributed by atoms with Crippen LogP contribution < -0.4 is 16.2 Å². The SMILES string of the molecule is Cc1cc2nc3c(=O)[n-]c(=O)nc-3n(C)c2cc1C.[W]. The van der Waals surface area contributed by atoms with E-state index in [2.05, 4.69) is 15.0 Å². The van der Waals surface area contributed by atoms with Gasteiger partial charge in [-0.15, -0.1) is 0 Å². The second-order valence-corrected chi connectivity index (χ2v) is 4.58. The van der Waals surface area contributed by atoms with Gasteiger partial charge in [-0.1, -0.05) is 0 Å². The summed E-state index contributed by atoms with van der Waals surface area (Å²) in [5.41, 5.74) is 2.43. The van der Waals surface area contributed by atoms with Gasteiger partial charge in [0.15, 0.2) is 5.69 Å². The third-order valence-corrected chi connectivity index (χ3v) is 3.32. The molecule has 1 aromatic rings. The Hall–Kier alpha value is -1.81. The van der Waals surface area contributed by atoms with E-state index in [1.165, 1.54) is 0 Å². The van der Waals surface area contributed by atoms with Gasteiger partial charge in [-0.3, -0.25) is 9.59 Å². The van der Waals surface area contributed by atoms with Crippen molar-refractivity contribution in [1.82, 2.24) is 19.5 Å². The predicted molar refractivity (Wildman–Crippen MR) is 70.5 cm³/mol. The van der Waals surface area contributed by atoms with Crippen LogP contribution in [0.25, 0.3) is 22.6 Å². The fourth-order valence-electron chi connectivity index (χ4n) is 2.11. The molecule has 0 aromatic heterocycles. The van der Waals surface area contributed by atoms with Gasteiger partial charge in [0.1, 0.15) is 5.69 Å². The third kappa shape index (κ3) is 2.10. The third-order valence-electron chi connectivity index (χ3n) is 3.32. The number of hydrogen-bond donors (Lipinski definition) is 0. The van der Waals surface area contributed by atoms with Crippen LogP contribution in [0.4, 0.5) is 0 Å². The van der Waals surface area contributed by atoms with Crippen LogP contribution in [-0.2, 0) is 28.1 Å². The molecule has 0 fully saturated rings. The number of fused-ring (bicyclic) bond motifs is 2. The molecule has 0 aliphatic carbocycles. The number of nitrogens with zero attached hydrogens (tertiary/aromatic N) is 4. The smallest absolute Gasteiger partial charge is 0.201 e. The largest absolute Gasteiger partial charge is 0.384 e. The van der Waals surface area contributed by atoms with Crippen LogP contribution in [0.5, 0.6) is 0 Å². The number of hydrogen-bond acceptors (Lipinski definition) is 4. The monoisotopic (exact) mass is 439 g/mol. The molecule has 2 aliphatic rings. The molecule has 20 heavy (non-hydrogen) atoms. The molecule has 0 saturated heterocycles. The molecule has 1 aromatic carbocycles. The second kappa shape index (κ2) is 4.94. The maximum absolute atomic E-state index is 11.7. The summed E-state index contributed by atoms with van der Waals surface area (Å²) in [4.78, 5) is 34.3. The van der Waals surface area contributed by atoms with Crippen molar-refractivity contribution in [2.75, 3.05) is 0 Å². The molecule has 0 atom stereocenters. The molecule has 7 heteroatoms. The van der Waals surface area contributed by atoms with Gasteiger partial charge < -0.3 is 14.5 Å². The van der Waals surface area contributed by atoms with E-state index in [1.807, 2.05) is 26.0 Å². The minimum atomic E-state index is -0.780. The van der Waals surface area contributed by atoms with Crippen LogP contribution in [0, 0.1) is 13.8 Å². The van der Waals surface area contributed by atoms with E-state index < -0.39 is 11.2 Å². The van der Waals surface area contributed by atoms with Gasteiger partial charge in [0.25, 0.3) is 0 Å². The van der Waals surface area contributed by atoms with Crippen molar-refractivity contribution in [1.29, 1.82) is 0 Å². The van der Waals surface area contributed by atoms with Gasteiger partial charge in [-0.05, 0) is 37.1 Å². The van der Waals surface area contributed by atoms with Crippen LogP contribution in [0.3, 0.4) is 0 Å². The predicted octanol–water partition coefficient (Wildman–Crippen LogP) is 0.365. The van der Waals surface area contributed by atoms with Gasteiger partial charge in [0.2, 0.25) is 5.56 Å². The maximum atomic E-state index is 11.7. The molecule has 2 aliphatic heterocycles. The van der Waals surface area contributed by atoms with E-state index in [0.29, 0.717) is 5.52 Å². The van der Waals surface area contributed by atoms with E-state index in [4.69, 9.17) is 0 Å². The molecule has 0 N–H and O–H groups in total. The molecule has 3 rings (SSSR count). The van der Waals surface area contributed by atoms with Crippen LogP contribution in [0.15, 0.2) is 21.7 Å². The standard InChI is InChI=1S/C13H12N4O2.W/c1-6-4-8-9(5-7(6)2)17(3)11-10(14-8)12(18)16-13(19)15-11;/h4-5H,1-3H3,(H,16,18,19);/p-1. The van der Waals surface area contributed by atoms with Crippen molar-refractivity contribution in [3.63, 3.8) is 0 Å². The van der Waals surface area contributed by atoms with Crippen molar-refractivity contribution in [2.45, 2.75) is 13.8 Å². The Kier molecular flexibility index (Phi) is 3.61. The van der Waals surface area contributed by atoms with Crippen LogP contribution in [0.1, 0.15) is 11.1 Å². The molecule has 0 amide bonds. The van der Waals surface area contributed by atoms with E-state index >= 15 is 0 Å². The summed E-state index contributed by atoms with van der Waals surface area (Å²) < 4.78 is 1.70. The van der Waals surface area contributed by atoms with E-state index in [1.54, 1.807) is 11.6 Å². The molecule has 2 heterocycles. The normalized spacial score (nSPS) is 10.8. The van der Waals surface area contributed by atoms with Crippen molar-refractivity contribution >= 4 is 11.0 Å². The van der Waals surface area contributed by atoms with Crippen molar-refractivity contribution in [3.05, 3.63) is 44.1 Å². The van der Waals surface area contributed by atoms with Gasteiger partial charge in [-0.25, -0.2) is 4.98 Å². The molecule has 0 radical (unpaired) electrons. The quantitative estimate of drug-likeness (QED) is 0.473. The molecule has 0 spiro atoms. The Morgan fingerprint density at radius 1 is 1.10 bits per heavy atom. The van der Waals surface area contributed by atoms with Crippen molar-refractivity contribution in [3.8, 4) is 11.5 Å². The first-order valence-corrected chi connectivity index (χ1v) is 5.80. The average Bonchev–Trinajstić information content (AvgIpc) is 2.34. The molecule has 0 saturated carbocycles. The van der Waals surface area contributed by atoms with Gasteiger partial charge >= 0.3 is 0 Å². The summed E-state index contributed by atoms with van der Waals surface area (Å²) in [6.07, 6.45) is 0. The number of aryl methyl sites for hydroxylation is 3. The molecule has 102 valence electrons. The van der Waals surface area contributed by atoms with Crippen LogP contribution >= 0.6 is 0 Å². The summed E-state index contributed by atoms with van der Waals surface area (Å²) in [5.74, 6) is 0.265. The fraction of sp³-hybridized carbons (Fsp3) is 0.231. The molecular formula is C13H11N4O2W-. The molecule has 0 bridgehead atoms. The summed E-state index contributed by atoms with van der Waals surface area (Å²) >= 11 is 0. The first-order valence-electron chi connectivity index (χ1n) is 5.80. The number of aromatic nitrogens is 4. The Balaban J connectivity index is 0.00000147. The molecular weight excluding hydrogens is 428 g/mol. The van der Waals surface area contributed by atoms with Gasteiger partial charge in [0.05, 0.1) is 16.9 Å². The minimum Gasteiger partial charge on any atom is -0.384 e. The average molecular weight is 439 g/mol. The summed E-state index contributed by atoms with van der Waals surface area (Å²) in [7, 11) is 1.76. The Labute approximate surface area is 128 Å². The minimum absolute atomic E-state index is 0. The van der Waals surface area contributed by atoms with E-state index in [0.717, 1.165) is 16.6 Å².